The van der Waals surface area contributed by atoms with Crippen molar-refractivity contribution in [2.45, 2.75) is 27.7 Å². The number of aryl methyl sites for hydroxylation is 3. The van der Waals surface area contributed by atoms with Crippen LogP contribution in [0.15, 0.2) is 73.2 Å². The van der Waals surface area contributed by atoms with E-state index in [1.54, 1.807) is 12.5 Å². The number of ether oxygens (including phenoxy) is 2. The van der Waals surface area contributed by atoms with E-state index in [1.807, 2.05) is 69.3 Å². The molecule has 0 radical (unpaired) electrons. The number of methoxy groups -OCH3 is 1. The van der Waals surface area contributed by atoms with Crippen molar-refractivity contribution in [3.05, 3.63) is 90.0 Å². The van der Waals surface area contributed by atoms with Crippen LogP contribution in [0.4, 0.5) is 11.5 Å². The molecule has 0 saturated carbocycles. The van der Waals surface area contributed by atoms with E-state index in [0.717, 1.165) is 45.2 Å². The monoisotopic (exact) mass is 499 g/mol. The Balaban J connectivity index is 0.000000325. The normalized spacial score (nSPS) is 10.6. The predicted molar refractivity (Wildman–Crippen MR) is 147 cm³/mol. The lowest BCUT2D eigenvalue weighted by molar-refractivity contribution is -0.124. The van der Waals surface area contributed by atoms with Crippen LogP contribution in [-0.4, -0.2) is 41.1 Å². The van der Waals surface area contributed by atoms with Gasteiger partial charge in [0.05, 0.1) is 11.7 Å². The first-order valence-corrected chi connectivity index (χ1v) is 12.0. The molecule has 2 aromatic carbocycles. The number of nitrogens with one attached hydrogen (secondary N) is 2. The highest BCUT2D eigenvalue weighted by atomic mass is 16.5. The number of carbonyl (C=O) groups excluding carboxylic acids is 1. The minimum absolute atomic E-state index is 0.0828. The van der Waals surface area contributed by atoms with Gasteiger partial charge in [-0.2, -0.15) is 0 Å². The molecule has 0 aliphatic rings. The summed E-state index contributed by atoms with van der Waals surface area (Å²) >= 11 is 0. The standard InChI is InChI=1S/C22H20N4O.C7H13NO2/c1-14-4-8-20-19(10-14)22(25-13-24-20)26-17-6-9-21(15(2)11-17)27-18-7-5-16(3)23-12-18;1-3-4-5-8-7(9)6-10-2/h4-13H,1-3H3,(H,24,25,26);3-4H,5-6H2,1-2H3,(H,8,9)/b;4-3+. The second-order valence-electron chi connectivity index (χ2n) is 8.39. The first-order valence-electron chi connectivity index (χ1n) is 12.0. The van der Waals surface area contributed by atoms with Gasteiger partial charge in [-0.15, -0.1) is 0 Å². The molecule has 0 aliphatic carbocycles. The Hall–Kier alpha value is -4.30. The molecule has 0 fully saturated rings. The maximum atomic E-state index is 10.6. The van der Waals surface area contributed by atoms with E-state index in [9.17, 15) is 4.79 Å². The molecular weight excluding hydrogens is 466 g/mol. The van der Waals surface area contributed by atoms with Gasteiger partial charge in [0.25, 0.3) is 0 Å². The van der Waals surface area contributed by atoms with Gasteiger partial charge >= 0.3 is 0 Å². The maximum absolute atomic E-state index is 10.6. The third-order valence-electron chi connectivity index (χ3n) is 5.27. The van der Waals surface area contributed by atoms with Gasteiger partial charge in [-0.25, -0.2) is 9.97 Å². The average Bonchev–Trinajstić information content (AvgIpc) is 2.88. The highest BCUT2D eigenvalue weighted by Gasteiger charge is 2.07. The third-order valence-corrected chi connectivity index (χ3v) is 5.27. The summed E-state index contributed by atoms with van der Waals surface area (Å²) in [5.74, 6) is 2.23. The van der Waals surface area contributed by atoms with E-state index < -0.39 is 0 Å². The Labute approximate surface area is 217 Å². The number of benzene rings is 2. The number of fused-ring (bicyclic) bond motifs is 1. The lowest BCUT2D eigenvalue weighted by Gasteiger charge is -2.12. The van der Waals surface area contributed by atoms with Crippen LogP contribution in [0, 0.1) is 20.8 Å². The summed E-state index contributed by atoms with van der Waals surface area (Å²) in [6.07, 6.45) is 7.06. The van der Waals surface area contributed by atoms with Gasteiger partial charge in [0.2, 0.25) is 5.91 Å². The number of anilines is 2. The number of rotatable bonds is 8. The summed E-state index contributed by atoms with van der Waals surface area (Å²) in [5, 5.41) is 7.03. The van der Waals surface area contributed by atoms with Crippen molar-refractivity contribution in [2.75, 3.05) is 25.6 Å². The van der Waals surface area contributed by atoms with Gasteiger partial charge in [-0.1, -0.05) is 23.8 Å². The molecule has 37 heavy (non-hydrogen) atoms. The minimum atomic E-state index is -0.0828. The molecule has 2 heterocycles. The second-order valence-corrected chi connectivity index (χ2v) is 8.39. The molecule has 0 aliphatic heterocycles. The quantitative estimate of drug-likeness (QED) is 0.295. The molecule has 4 rings (SSSR count). The van der Waals surface area contributed by atoms with Crippen molar-refractivity contribution < 1.29 is 14.3 Å². The summed E-state index contributed by atoms with van der Waals surface area (Å²) in [6, 6.07) is 16.0. The number of pyridine rings is 1. The SMILES string of the molecule is C/C=C/CNC(=O)COC.Cc1ccc2ncnc(Nc3ccc(Oc4ccc(C)nc4)c(C)c3)c2c1. The summed E-state index contributed by atoms with van der Waals surface area (Å²) in [7, 11) is 1.50. The second kappa shape index (κ2) is 13.7. The number of aromatic nitrogens is 3. The topological polar surface area (TPSA) is 98.3 Å². The van der Waals surface area contributed by atoms with Crippen molar-refractivity contribution in [3.63, 3.8) is 0 Å². The van der Waals surface area contributed by atoms with Crippen molar-refractivity contribution in [1.29, 1.82) is 0 Å². The first-order chi connectivity index (χ1) is 17.9. The Kier molecular flexibility index (Phi) is 10.1. The van der Waals surface area contributed by atoms with Crippen LogP contribution in [0.2, 0.25) is 0 Å². The molecule has 0 spiro atoms. The van der Waals surface area contributed by atoms with Crippen LogP contribution in [0.5, 0.6) is 11.5 Å². The van der Waals surface area contributed by atoms with E-state index in [0.29, 0.717) is 6.54 Å². The molecule has 2 aromatic heterocycles. The highest BCUT2D eigenvalue weighted by molar-refractivity contribution is 5.91. The van der Waals surface area contributed by atoms with Gasteiger partial charge in [0.1, 0.15) is 30.3 Å². The summed E-state index contributed by atoms with van der Waals surface area (Å²) in [4.78, 5) is 23.7. The Morgan fingerprint density at radius 1 is 1.00 bits per heavy atom. The van der Waals surface area contributed by atoms with Gasteiger partial charge in [-0.05, 0) is 75.7 Å². The van der Waals surface area contributed by atoms with E-state index in [-0.39, 0.29) is 12.5 Å². The Bertz CT molecular complexity index is 1350. The van der Waals surface area contributed by atoms with Gasteiger partial charge in [0.15, 0.2) is 0 Å². The first kappa shape index (κ1) is 27.3. The van der Waals surface area contributed by atoms with E-state index in [1.165, 1.54) is 12.7 Å². The highest BCUT2D eigenvalue weighted by Crippen LogP contribution is 2.29. The zero-order valence-electron chi connectivity index (χ0n) is 21.9. The molecule has 0 unspecified atom stereocenters. The van der Waals surface area contributed by atoms with Crippen molar-refractivity contribution in [1.82, 2.24) is 20.3 Å². The van der Waals surface area contributed by atoms with Crippen LogP contribution >= 0.6 is 0 Å². The fourth-order valence-corrected chi connectivity index (χ4v) is 3.36. The van der Waals surface area contributed by atoms with Crippen molar-refractivity contribution in [2.24, 2.45) is 0 Å². The fourth-order valence-electron chi connectivity index (χ4n) is 3.36. The van der Waals surface area contributed by atoms with Crippen molar-refractivity contribution >= 4 is 28.3 Å². The van der Waals surface area contributed by atoms with Gasteiger partial charge in [-0.3, -0.25) is 9.78 Å². The Morgan fingerprint density at radius 3 is 2.54 bits per heavy atom. The van der Waals surface area contributed by atoms with Gasteiger partial charge < -0.3 is 20.1 Å². The zero-order chi connectivity index (χ0) is 26.6. The average molecular weight is 500 g/mol. The van der Waals surface area contributed by atoms with Crippen LogP contribution in [0.1, 0.15) is 23.7 Å². The molecule has 2 N–H and O–H groups in total. The number of allylic oxidation sites excluding steroid dienone is 1. The number of hydrogen-bond acceptors (Lipinski definition) is 7. The number of carbonyl (C=O) groups is 1. The summed E-state index contributed by atoms with van der Waals surface area (Å²) < 4.78 is 10.5. The predicted octanol–water partition coefficient (Wildman–Crippen LogP) is 5.81. The molecule has 4 aromatic rings. The summed E-state index contributed by atoms with van der Waals surface area (Å²) in [6.45, 7) is 8.66. The molecule has 0 saturated heterocycles. The Morgan fingerprint density at radius 2 is 1.84 bits per heavy atom. The maximum Gasteiger partial charge on any atom is 0.246 e. The van der Waals surface area contributed by atoms with E-state index >= 15 is 0 Å². The lowest BCUT2D eigenvalue weighted by Crippen LogP contribution is -2.26. The number of amides is 1. The van der Waals surface area contributed by atoms with Crippen LogP contribution in [0.25, 0.3) is 10.9 Å². The van der Waals surface area contributed by atoms with Crippen LogP contribution in [-0.2, 0) is 9.53 Å². The largest absolute Gasteiger partial charge is 0.455 e. The minimum Gasteiger partial charge on any atom is -0.455 e. The molecule has 0 bridgehead atoms. The lowest BCUT2D eigenvalue weighted by atomic mass is 10.1. The number of nitrogens with zero attached hydrogens (tertiary/aromatic N) is 3. The molecule has 192 valence electrons. The third kappa shape index (κ3) is 8.40. The smallest absolute Gasteiger partial charge is 0.246 e. The zero-order valence-corrected chi connectivity index (χ0v) is 21.9. The molecule has 1 amide bonds. The van der Waals surface area contributed by atoms with E-state index in [4.69, 9.17) is 4.74 Å². The molecule has 0 atom stereocenters. The summed E-state index contributed by atoms with van der Waals surface area (Å²) in [5.41, 5.74) is 5.03. The van der Waals surface area contributed by atoms with E-state index in [2.05, 4.69) is 49.4 Å². The molecule has 8 heteroatoms. The van der Waals surface area contributed by atoms with Crippen LogP contribution < -0.4 is 15.4 Å². The molecular formula is C29H33N5O3. The number of hydrogen-bond donors (Lipinski definition) is 2. The van der Waals surface area contributed by atoms with Gasteiger partial charge in [0, 0.05) is 30.4 Å². The van der Waals surface area contributed by atoms with Crippen molar-refractivity contribution in [3.8, 4) is 11.5 Å². The van der Waals surface area contributed by atoms with Crippen LogP contribution in [0.3, 0.4) is 0 Å². The molecule has 8 nitrogen and oxygen atoms in total. The fraction of sp³-hybridized carbons (Fsp3) is 0.241.